The van der Waals surface area contributed by atoms with Gasteiger partial charge in [0, 0.05) is 29.2 Å². The van der Waals surface area contributed by atoms with Crippen molar-refractivity contribution in [3.63, 3.8) is 0 Å². The van der Waals surface area contributed by atoms with Gasteiger partial charge in [0.2, 0.25) is 17.2 Å². The molecule has 0 radical (unpaired) electrons. The van der Waals surface area contributed by atoms with Crippen LogP contribution in [0.25, 0.3) is 0 Å². The number of rotatable bonds is 4. The molecule has 3 aliphatic rings. The molecule has 2 aliphatic heterocycles. The van der Waals surface area contributed by atoms with Crippen molar-refractivity contribution in [3.05, 3.63) is 62.1 Å². The summed E-state index contributed by atoms with van der Waals surface area (Å²) < 4.78 is 21.9. The van der Waals surface area contributed by atoms with E-state index in [1.807, 2.05) is 16.8 Å². The molecule has 0 saturated heterocycles. The van der Waals surface area contributed by atoms with Gasteiger partial charge in [-0.3, -0.25) is 9.59 Å². The van der Waals surface area contributed by atoms with Gasteiger partial charge in [-0.2, -0.15) is 11.3 Å². The number of hydrogen-bond donors (Lipinski definition) is 1. The lowest BCUT2D eigenvalue weighted by Crippen LogP contribution is -2.58. The Labute approximate surface area is 210 Å². The van der Waals surface area contributed by atoms with Crippen molar-refractivity contribution < 1.29 is 33.3 Å². The summed E-state index contributed by atoms with van der Waals surface area (Å²) in [5.41, 5.74) is 0.298. The third kappa shape index (κ3) is 3.21. The lowest BCUT2D eigenvalue weighted by atomic mass is 9.67. The number of Topliss-reactive ketones (excluding diaryl/α,β-unsaturated/α-hetero) is 2. The summed E-state index contributed by atoms with van der Waals surface area (Å²) in [6, 6.07) is 3.39. The van der Waals surface area contributed by atoms with E-state index in [2.05, 4.69) is 5.32 Å². The molecule has 1 aromatic carbocycles. The molecule has 2 aromatic rings. The molecular weight excluding hydrogens is 494 g/mol. The van der Waals surface area contributed by atoms with E-state index in [1.165, 1.54) is 38.7 Å². The van der Waals surface area contributed by atoms with E-state index < -0.39 is 35.0 Å². The SMILES string of the molecule is COC(=O)C1=CC(c2ccsc2)C2=C(C[C@H](C)[C@]3(Oc4c(Cl)c(OC)cc(OC)c4C3=O)C2=O)N1. The summed E-state index contributed by atoms with van der Waals surface area (Å²) >= 11 is 7.98. The molecule has 8 nitrogen and oxygen atoms in total. The topological polar surface area (TPSA) is 100 Å². The number of carbonyl (C=O) groups is 3. The normalized spacial score (nSPS) is 24.9. The fourth-order valence-corrected chi connectivity index (χ4v) is 6.00. The monoisotopic (exact) mass is 515 g/mol. The number of thiophene rings is 1. The molecule has 0 bridgehead atoms. The minimum atomic E-state index is -1.82. The third-order valence-electron chi connectivity index (χ3n) is 6.77. The molecule has 0 amide bonds. The summed E-state index contributed by atoms with van der Waals surface area (Å²) in [5, 5.41) is 6.95. The van der Waals surface area contributed by atoms with Gasteiger partial charge in [-0.1, -0.05) is 18.5 Å². The second-order valence-corrected chi connectivity index (χ2v) is 9.68. The number of esters is 1. The van der Waals surface area contributed by atoms with Crippen LogP contribution < -0.4 is 19.5 Å². The minimum Gasteiger partial charge on any atom is -0.496 e. The maximum atomic E-state index is 14.3. The van der Waals surface area contributed by atoms with Gasteiger partial charge in [-0.05, 0) is 34.9 Å². The van der Waals surface area contributed by atoms with Crippen molar-refractivity contribution in [1.82, 2.24) is 5.32 Å². The number of allylic oxidation sites excluding steroid dienone is 2. The number of nitrogens with one attached hydrogen (secondary N) is 1. The predicted octanol–water partition coefficient (Wildman–Crippen LogP) is 4.04. The standard InChI is InChI=1S/C25H22ClNO7S/c1-11-7-14-18(13(12-5-6-35-10-12)8-15(27-14)24(30)33-4)22(28)25(11)23(29)19-16(31-2)9-17(32-3)20(26)21(19)34-25/h5-6,8-11,13,27H,7H2,1-4H3/t11-,13?,25-/m0/s1. The van der Waals surface area contributed by atoms with E-state index in [4.69, 9.17) is 30.5 Å². The third-order valence-corrected chi connectivity index (χ3v) is 7.83. The Bertz CT molecular complexity index is 1330. The average molecular weight is 516 g/mol. The van der Waals surface area contributed by atoms with Crippen LogP contribution in [0.1, 0.15) is 35.2 Å². The summed E-state index contributed by atoms with van der Waals surface area (Å²) in [5.74, 6) is -2.11. The number of carbonyl (C=O) groups excluding carboxylic acids is 3. The zero-order valence-corrected chi connectivity index (χ0v) is 21.0. The highest BCUT2D eigenvalue weighted by atomic mass is 35.5. The quantitative estimate of drug-likeness (QED) is 0.481. The molecule has 182 valence electrons. The van der Waals surface area contributed by atoms with Gasteiger partial charge in [0.05, 0.1) is 21.3 Å². The molecule has 1 aromatic heterocycles. The van der Waals surface area contributed by atoms with Crippen molar-refractivity contribution in [3.8, 4) is 17.2 Å². The summed E-state index contributed by atoms with van der Waals surface area (Å²) in [6.07, 6.45) is 1.93. The van der Waals surface area contributed by atoms with Crippen LogP contribution in [-0.4, -0.2) is 44.5 Å². The first-order chi connectivity index (χ1) is 16.8. The fraction of sp³-hybridized carbons (Fsp3) is 0.320. The van der Waals surface area contributed by atoms with Crippen molar-refractivity contribution in [2.45, 2.75) is 24.9 Å². The smallest absolute Gasteiger partial charge is 0.354 e. The first-order valence-corrected chi connectivity index (χ1v) is 12.2. The van der Waals surface area contributed by atoms with Gasteiger partial charge in [0.25, 0.3) is 0 Å². The molecule has 35 heavy (non-hydrogen) atoms. The lowest BCUT2D eigenvalue weighted by Gasteiger charge is -2.41. The number of fused-ring (bicyclic) bond motifs is 1. The number of dihydropyridines is 1. The Morgan fingerprint density at radius 3 is 2.57 bits per heavy atom. The fourth-order valence-electron chi connectivity index (χ4n) is 5.04. The average Bonchev–Trinajstić information content (AvgIpc) is 3.50. The van der Waals surface area contributed by atoms with Crippen LogP contribution in [-0.2, 0) is 14.3 Å². The first-order valence-electron chi connectivity index (χ1n) is 10.8. The molecule has 1 aliphatic carbocycles. The zero-order valence-electron chi connectivity index (χ0n) is 19.4. The Balaban J connectivity index is 1.66. The van der Waals surface area contributed by atoms with Gasteiger partial charge in [0.1, 0.15) is 27.8 Å². The minimum absolute atomic E-state index is 0.0683. The van der Waals surface area contributed by atoms with Crippen LogP contribution in [0.2, 0.25) is 5.02 Å². The van der Waals surface area contributed by atoms with Crippen LogP contribution in [0.3, 0.4) is 0 Å². The van der Waals surface area contributed by atoms with Crippen LogP contribution in [0, 0.1) is 5.92 Å². The van der Waals surface area contributed by atoms with Gasteiger partial charge in [-0.15, -0.1) is 0 Å². The van der Waals surface area contributed by atoms with Gasteiger partial charge in [-0.25, -0.2) is 4.79 Å². The second-order valence-electron chi connectivity index (χ2n) is 8.52. The first kappa shape index (κ1) is 23.4. The largest absolute Gasteiger partial charge is 0.496 e. The number of ether oxygens (including phenoxy) is 4. The van der Waals surface area contributed by atoms with Gasteiger partial charge >= 0.3 is 5.97 Å². The van der Waals surface area contributed by atoms with Crippen molar-refractivity contribution in [1.29, 1.82) is 0 Å². The highest BCUT2D eigenvalue weighted by molar-refractivity contribution is 7.08. The summed E-state index contributed by atoms with van der Waals surface area (Å²) in [7, 11) is 4.16. The Kier molecular flexibility index (Phi) is 5.64. The molecule has 5 rings (SSSR count). The van der Waals surface area contributed by atoms with Crippen LogP contribution in [0.4, 0.5) is 0 Å². The molecule has 0 fully saturated rings. The van der Waals surface area contributed by atoms with E-state index in [0.29, 0.717) is 11.3 Å². The van der Waals surface area contributed by atoms with E-state index >= 15 is 0 Å². The lowest BCUT2D eigenvalue weighted by molar-refractivity contribution is -0.137. The van der Waals surface area contributed by atoms with Crippen LogP contribution in [0.5, 0.6) is 17.2 Å². The Morgan fingerprint density at radius 2 is 1.94 bits per heavy atom. The number of hydrogen-bond acceptors (Lipinski definition) is 9. The van der Waals surface area contributed by atoms with Crippen LogP contribution >= 0.6 is 22.9 Å². The van der Waals surface area contributed by atoms with Crippen molar-refractivity contribution in [2.24, 2.45) is 5.92 Å². The second kappa shape index (κ2) is 8.42. The molecule has 1 spiro atoms. The van der Waals surface area contributed by atoms with Gasteiger partial charge < -0.3 is 24.3 Å². The molecule has 1 N–H and O–H groups in total. The number of methoxy groups -OCH3 is 3. The summed E-state index contributed by atoms with van der Waals surface area (Å²) in [6.45, 7) is 1.76. The number of benzene rings is 1. The van der Waals surface area contributed by atoms with E-state index in [0.717, 1.165) is 5.56 Å². The maximum absolute atomic E-state index is 14.3. The molecule has 3 atom stereocenters. The van der Waals surface area contributed by atoms with E-state index in [9.17, 15) is 14.4 Å². The maximum Gasteiger partial charge on any atom is 0.354 e. The molecular formula is C25H22ClNO7S. The summed E-state index contributed by atoms with van der Waals surface area (Å²) in [4.78, 5) is 40.6. The highest BCUT2D eigenvalue weighted by Crippen LogP contribution is 2.55. The molecule has 3 heterocycles. The zero-order chi connectivity index (χ0) is 25.1. The van der Waals surface area contributed by atoms with E-state index in [1.54, 1.807) is 13.0 Å². The van der Waals surface area contributed by atoms with E-state index in [-0.39, 0.29) is 40.0 Å². The Morgan fingerprint density at radius 1 is 1.20 bits per heavy atom. The Hall–Kier alpha value is -3.30. The molecule has 0 saturated carbocycles. The number of halogens is 1. The van der Waals surface area contributed by atoms with Crippen LogP contribution in [0.15, 0.2) is 45.9 Å². The predicted molar refractivity (Wildman–Crippen MR) is 128 cm³/mol. The molecule has 1 unspecified atom stereocenters. The highest BCUT2D eigenvalue weighted by Gasteiger charge is 2.63. The van der Waals surface area contributed by atoms with Gasteiger partial charge in [0.15, 0.2) is 5.75 Å². The van der Waals surface area contributed by atoms with Crippen molar-refractivity contribution >= 4 is 40.5 Å². The number of ketones is 2. The van der Waals surface area contributed by atoms with Crippen molar-refractivity contribution in [2.75, 3.05) is 21.3 Å². The molecule has 10 heteroatoms.